The largest absolute Gasteiger partial charge is 0.367 e. The van der Waals surface area contributed by atoms with E-state index in [1.54, 1.807) is 0 Å². The number of hydrogen-bond donors (Lipinski definition) is 2. The number of aromatic nitrogens is 1. The second-order valence-electron chi connectivity index (χ2n) is 5.27. The van der Waals surface area contributed by atoms with Gasteiger partial charge in [0.25, 0.3) is 0 Å². The molecular formula is C13H18BrN3. The number of nitrogens with zero attached hydrogens (tertiary/aromatic N) is 1. The molecule has 1 aromatic heterocycles. The zero-order valence-electron chi connectivity index (χ0n) is 10.0. The summed E-state index contributed by atoms with van der Waals surface area (Å²) < 4.78 is 1.05. The highest BCUT2D eigenvalue weighted by atomic mass is 79.9. The van der Waals surface area contributed by atoms with Crippen molar-refractivity contribution >= 4 is 21.7 Å². The minimum atomic E-state index is 0.584. The number of aryl methyl sites for hydroxylation is 1. The van der Waals surface area contributed by atoms with Crippen LogP contribution >= 0.6 is 15.9 Å². The summed E-state index contributed by atoms with van der Waals surface area (Å²) >= 11 is 3.45. The molecule has 2 atom stereocenters. The first-order valence-corrected chi connectivity index (χ1v) is 7.15. The average molecular weight is 296 g/mol. The first kappa shape index (κ1) is 11.5. The molecule has 2 aliphatic rings. The van der Waals surface area contributed by atoms with E-state index in [2.05, 4.69) is 44.5 Å². The highest BCUT2D eigenvalue weighted by Crippen LogP contribution is 2.29. The van der Waals surface area contributed by atoms with E-state index >= 15 is 0 Å². The Bertz CT molecular complexity index is 409. The molecule has 2 fully saturated rings. The maximum absolute atomic E-state index is 4.46. The third-order valence-corrected chi connectivity index (χ3v) is 4.29. The van der Waals surface area contributed by atoms with Crippen LogP contribution in [-0.2, 0) is 0 Å². The van der Waals surface area contributed by atoms with E-state index in [0.29, 0.717) is 6.04 Å². The quantitative estimate of drug-likeness (QED) is 0.881. The van der Waals surface area contributed by atoms with Gasteiger partial charge in [-0.15, -0.1) is 0 Å². The summed E-state index contributed by atoms with van der Waals surface area (Å²) in [5.41, 5.74) is 1.21. The van der Waals surface area contributed by atoms with Crippen molar-refractivity contribution in [3.05, 3.63) is 22.3 Å². The summed E-state index contributed by atoms with van der Waals surface area (Å²) in [4.78, 5) is 4.46. The Morgan fingerprint density at radius 1 is 1.35 bits per heavy atom. The van der Waals surface area contributed by atoms with E-state index in [1.165, 1.54) is 31.2 Å². The summed E-state index contributed by atoms with van der Waals surface area (Å²) in [5, 5.41) is 7.27. The van der Waals surface area contributed by atoms with Gasteiger partial charge in [0.05, 0.1) is 0 Å². The molecule has 2 saturated heterocycles. The Morgan fingerprint density at radius 3 is 2.71 bits per heavy atom. The molecule has 4 heteroatoms. The van der Waals surface area contributed by atoms with Crippen LogP contribution in [0.15, 0.2) is 16.7 Å². The van der Waals surface area contributed by atoms with E-state index in [4.69, 9.17) is 0 Å². The molecule has 0 amide bonds. The highest BCUT2D eigenvalue weighted by Gasteiger charge is 2.33. The molecule has 0 saturated carbocycles. The van der Waals surface area contributed by atoms with Crippen molar-refractivity contribution in [3.8, 4) is 0 Å². The minimum Gasteiger partial charge on any atom is -0.367 e. The first-order chi connectivity index (χ1) is 8.20. The smallest absolute Gasteiger partial charge is 0.129 e. The SMILES string of the molecule is Cc1cc(Br)cnc1NC1CC2CCC(C1)N2. The van der Waals surface area contributed by atoms with Crippen LogP contribution in [0.4, 0.5) is 5.82 Å². The molecule has 0 spiro atoms. The number of hydrogen-bond acceptors (Lipinski definition) is 3. The lowest BCUT2D eigenvalue weighted by atomic mass is 10.00. The monoisotopic (exact) mass is 295 g/mol. The molecule has 0 aliphatic carbocycles. The zero-order chi connectivity index (χ0) is 11.8. The van der Waals surface area contributed by atoms with Crippen molar-refractivity contribution in [1.82, 2.24) is 10.3 Å². The van der Waals surface area contributed by atoms with Gasteiger partial charge >= 0.3 is 0 Å². The van der Waals surface area contributed by atoms with Gasteiger partial charge < -0.3 is 10.6 Å². The fourth-order valence-electron chi connectivity index (χ4n) is 3.06. The lowest BCUT2D eigenvalue weighted by molar-refractivity contribution is 0.377. The summed E-state index contributed by atoms with van der Waals surface area (Å²) in [6, 6.07) is 4.15. The van der Waals surface area contributed by atoms with Gasteiger partial charge in [0.2, 0.25) is 0 Å². The van der Waals surface area contributed by atoms with Crippen LogP contribution in [0.2, 0.25) is 0 Å². The average Bonchev–Trinajstić information content (AvgIpc) is 2.62. The number of halogens is 1. The van der Waals surface area contributed by atoms with Gasteiger partial charge in [-0.2, -0.15) is 0 Å². The summed E-state index contributed by atoms with van der Waals surface area (Å²) in [6.45, 7) is 2.11. The predicted molar refractivity (Wildman–Crippen MR) is 73.3 cm³/mol. The van der Waals surface area contributed by atoms with E-state index < -0.39 is 0 Å². The van der Waals surface area contributed by atoms with Gasteiger partial charge in [-0.1, -0.05) is 0 Å². The maximum Gasteiger partial charge on any atom is 0.129 e. The Kier molecular flexibility index (Phi) is 3.09. The van der Waals surface area contributed by atoms with Gasteiger partial charge in [-0.05, 0) is 60.2 Å². The topological polar surface area (TPSA) is 37.0 Å². The summed E-state index contributed by atoms with van der Waals surface area (Å²) in [5.74, 6) is 1.04. The number of nitrogens with one attached hydrogen (secondary N) is 2. The second kappa shape index (κ2) is 4.58. The van der Waals surface area contributed by atoms with Crippen LogP contribution in [0, 0.1) is 6.92 Å². The van der Waals surface area contributed by atoms with Crippen molar-refractivity contribution in [2.75, 3.05) is 5.32 Å². The highest BCUT2D eigenvalue weighted by molar-refractivity contribution is 9.10. The first-order valence-electron chi connectivity index (χ1n) is 6.35. The Hall–Kier alpha value is -0.610. The summed E-state index contributed by atoms with van der Waals surface area (Å²) in [6.07, 6.45) is 7.01. The molecule has 2 N–H and O–H groups in total. The lowest BCUT2D eigenvalue weighted by Gasteiger charge is -2.30. The van der Waals surface area contributed by atoms with Crippen molar-refractivity contribution in [1.29, 1.82) is 0 Å². The van der Waals surface area contributed by atoms with Crippen LogP contribution in [0.5, 0.6) is 0 Å². The number of piperidine rings is 1. The van der Waals surface area contributed by atoms with Gasteiger partial charge in [0, 0.05) is 28.8 Å². The third kappa shape index (κ3) is 2.47. The molecule has 2 bridgehead atoms. The normalized spacial score (nSPS) is 31.5. The Morgan fingerprint density at radius 2 is 2.06 bits per heavy atom. The van der Waals surface area contributed by atoms with Crippen LogP contribution in [0.3, 0.4) is 0 Å². The summed E-state index contributed by atoms with van der Waals surface area (Å²) in [7, 11) is 0. The molecule has 3 nitrogen and oxygen atoms in total. The molecule has 3 rings (SSSR count). The van der Waals surface area contributed by atoms with E-state index in [-0.39, 0.29) is 0 Å². The Balaban J connectivity index is 1.70. The van der Waals surface area contributed by atoms with Crippen molar-refractivity contribution in [3.63, 3.8) is 0 Å². The van der Waals surface area contributed by atoms with E-state index in [9.17, 15) is 0 Å². The molecule has 0 radical (unpaired) electrons. The molecule has 92 valence electrons. The van der Waals surface area contributed by atoms with E-state index in [0.717, 1.165) is 22.4 Å². The third-order valence-electron chi connectivity index (χ3n) is 3.86. The number of rotatable bonds is 2. The molecule has 2 aliphatic heterocycles. The molecule has 1 aromatic rings. The fraction of sp³-hybridized carbons (Fsp3) is 0.615. The van der Waals surface area contributed by atoms with E-state index in [1.807, 2.05) is 6.20 Å². The van der Waals surface area contributed by atoms with Crippen LogP contribution in [0.25, 0.3) is 0 Å². The maximum atomic E-state index is 4.46. The number of fused-ring (bicyclic) bond motifs is 2. The van der Waals surface area contributed by atoms with Gasteiger partial charge in [0.15, 0.2) is 0 Å². The van der Waals surface area contributed by atoms with Gasteiger partial charge in [0.1, 0.15) is 5.82 Å². The molecule has 3 heterocycles. The molecule has 2 unspecified atom stereocenters. The molecule has 0 aromatic carbocycles. The van der Waals surface area contributed by atoms with Crippen LogP contribution < -0.4 is 10.6 Å². The zero-order valence-corrected chi connectivity index (χ0v) is 11.6. The van der Waals surface area contributed by atoms with Crippen molar-refractivity contribution in [2.24, 2.45) is 0 Å². The minimum absolute atomic E-state index is 0.584. The number of anilines is 1. The molecule has 17 heavy (non-hydrogen) atoms. The lowest BCUT2D eigenvalue weighted by Crippen LogP contribution is -2.43. The van der Waals surface area contributed by atoms with Crippen LogP contribution in [-0.4, -0.2) is 23.1 Å². The van der Waals surface area contributed by atoms with Crippen molar-refractivity contribution in [2.45, 2.75) is 50.7 Å². The molecular weight excluding hydrogens is 278 g/mol. The predicted octanol–water partition coefficient (Wildman–Crippen LogP) is 2.85. The standard InChI is InChI=1S/C13H18BrN3/c1-8-4-9(14)7-15-13(8)17-12-5-10-2-3-11(6-12)16-10/h4,7,10-12,16H,2-3,5-6H2,1H3,(H,15,17). The van der Waals surface area contributed by atoms with Gasteiger partial charge in [-0.25, -0.2) is 4.98 Å². The Labute approximate surface area is 111 Å². The van der Waals surface area contributed by atoms with Crippen LogP contribution in [0.1, 0.15) is 31.2 Å². The fourth-order valence-corrected chi connectivity index (χ4v) is 3.51. The number of pyridine rings is 1. The van der Waals surface area contributed by atoms with Crippen molar-refractivity contribution < 1.29 is 0 Å². The van der Waals surface area contributed by atoms with Gasteiger partial charge in [-0.3, -0.25) is 0 Å². The second-order valence-corrected chi connectivity index (χ2v) is 6.19.